The van der Waals surface area contributed by atoms with Crippen molar-refractivity contribution < 1.29 is 18.9 Å². The molecule has 0 saturated heterocycles. The maximum absolute atomic E-state index is 5.84. The Kier molecular flexibility index (Phi) is 6.63. The van der Waals surface area contributed by atoms with Gasteiger partial charge in [0.15, 0.2) is 11.5 Å². The summed E-state index contributed by atoms with van der Waals surface area (Å²) >= 11 is 0. The van der Waals surface area contributed by atoms with Crippen LogP contribution in [-0.4, -0.2) is 33.2 Å². The predicted octanol–water partition coefficient (Wildman–Crippen LogP) is 2.72. The lowest BCUT2D eigenvalue weighted by Crippen LogP contribution is -2.14. The van der Waals surface area contributed by atoms with Gasteiger partial charge in [0.05, 0.1) is 6.61 Å². The molecule has 0 aliphatic carbocycles. The number of ether oxygens (including phenoxy) is 4. The number of fused-ring (bicyclic) bond motifs is 1. The van der Waals surface area contributed by atoms with Gasteiger partial charge < -0.3 is 24.3 Å². The van der Waals surface area contributed by atoms with Crippen molar-refractivity contribution in [2.45, 2.75) is 33.2 Å². The van der Waals surface area contributed by atoms with Gasteiger partial charge in [0, 0.05) is 24.8 Å². The molecule has 0 aromatic heterocycles. The third-order valence-electron chi connectivity index (χ3n) is 3.25. The Labute approximate surface area is 126 Å². The molecule has 21 heavy (non-hydrogen) atoms. The Bertz CT molecular complexity index is 437. The number of hydrogen-bond acceptors (Lipinski definition) is 5. The lowest BCUT2D eigenvalue weighted by atomic mass is 10.1. The van der Waals surface area contributed by atoms with E-state index in [9.17, 15) is 0 Å². The van der Waals surface area contributed by atoms with Gasteiger partial charge >= 0.3 is 0 Å². The Morgan fingerprint density at radius 2 is 1.90 bits per heavy atom. The number of benzene rings is 1. The minimum absolute atomic E-state index is 0.277. The zero-order valence-electron chi connectivity index (χ0n) is 12.9. The van der Waals surface area contributed by atoms with E-state index >= 15 is 0 Å². The summed E-state index contributed by atoms with van der Waals surface area (Å²) in [6, 6.07) is 3.89. The van der Waals surface area contributed by atoms with Gasteiger partial charge in [-0.3, -0.25) is 0 Å². The highest BCUT2D eigenvalue weighted by Gasteiger charge is 2.17. The summed E-state index contributed by atoms with van der Waals surface area (Å²) in [6.07, 6.45) is 2.24. The first kappa shape index (κ1) is 15.9. The maximum Gasteiger partial charge on any atom is 0.231 e. The molecule has 0 spiro atoms. The van der Waals surface area contributed by atoms with Gasteiger partial charge in [-0.25, -0.2) is 0 Å². The second-order valence-electron chi connectivity index (χ2n) is 4.91. The smallest absolute Gasteiger partial charge is 0.231 e. The molecule has 0 amide bonds. The number of unbranched alkanes of at least 4 members (excludes halogenated alkanes) is 1. The summed E-state index contributed by atoms with van der Waals surface area (Å²) in [5.74, 6) is 2.37. The van der Waals surface area contributed by atoms with Gasteiger partial charge in [0.1, 0.15) is 12.4 Å². The van der Waals surface area contributed by atoms with Crippen LogP contribution in [0.1, 0.15) is 32.3 Å². The Morgan fingerprint density at radius 3 is 2.67 bits per heavy atom. The van der Waals surface area contributed by atoms with Gasteiger partial charge in [0.25, 0.3) is 0 Å². The molecule has 1 heterocycles. The van der Waals surface area contributed by atoms with Crippen LogP contribution in [-0.2, 0) is 11.3 Å². The summed E-state index contributed by atoms with van der Waals surface area (Å²) in [7, 11) is 0. The van der Waals surface area contributed by atoms with Crippen molar-refractivity contribution in [2.24, 2.45) is 0 Å². The molecule has 0 unspecified atom stereocenters. The van der Waals surface area contributed by atoms with Crippen LogP contribution in [0.4, 0.5) is 0 Å². The molecule has 1 aliphatic rings. The molecule has 1 aliphatic heterocycles. The van der Waals surface area contributed by atoms with Gasteiger partial charge in [-0.05, 0) is 19.0 Å². The van der Waals surface area contributed by atoms with Crippen molar-refractivity contribution in [2.75, 3.05) is 33.2 Å². The average molecular weight is 295 g/mol. The molecule has 5 heteroatoms. The molecule has 5 nitrogen and oxygen atoms in total. The van der Waals surface area contributed by atoms with Crippen LogP contribution < -0.4 is 19.5 Å². The zero-order valence-corrected chi connectivity index (χ0v) is 12.9. The largest absolute Gasteiger partial charge is 0.491 e. The topological polar surface area (TPSA) is 49.0 Å². The standard InChI is InChI=1S/C16H25NO4/c1-3-5-6-18-7-8-19-14-10-16-15(20-12-21-16)9-13(14)11-17-4-2/h9-10,17H,3-8,11-12H2,1-2H3. The lowest BCUT2D eigenvalue weighted by Gasteiger charge is -2.13. The third-order valence-corrected chi connectivity index (χ3v) is 3.25. The van der Waals surface area contributed by atoms with Gasteiger partial charge in [-0.1, -0.05) is 20.3 Å². The van der Waals surface area contributed by atoms with E-state index in [4.69, 9.17) is 18.9 Å². The van der Waals surface area contributed by atoms with E-state index in [0.29, 0.717) is 13.2 Å². The Hall–Kier alpha value is -1.46. The fourth-order valence-electron chi connectivity index (χ4n) is 2.06. The van der Waals surface area contributed by atoms with Crippen LogP contribution in [0.25, 0.3) is 0 Å². The van der Waals surface area contributed by atoms with E-state index in [0.717, 1.165) is 55.4 Å². The monoisotopic (exact) mass is 295 g/mol. The van der Waals surface area contributed by atoms with Crippen molar-refractivity contribution in [1.29, 1.82) is 0 Å². The average Bonchev–Trinajstić information content (AvgIpc) is 2.95. The van der Waals surface area contributed by atoms with Gasteiger partial charge in [-0.2, -0.15) is 0 Å². The van der Waals surface area contributed by atoms with E-state index < -0.39 is 0 Å². The van der Waals surface area contributed by atoms with Crippen LogP contribution in [0.5, 0.6) is 17.2 Å². The van der Waals surface area contributed by atoms with Crippen LogP contribution in [0.15, 0.2) is 12.1 Å². The Balaban J connectivity index is 1.90. The van der Waals surface area contributed by atoms with E-state index in [1.165, 1.54) is 0 Å². The quantitative estimate of drug-likeness (QED) is 0.673. The first-order valence-corrected chi connectivity index (χ1v) is 7.69. The maximum atomic E-state index is 5.84. The highest BCUT2D eigenvalue weighted by molar-refractivity contribution is 5.51. The molecule has 0 saturated carbocycles. The van der Waals surface area contributed by atoms with Crippen molar-refractivity contribution in [3.8, 4) is 17.2 Å². The zero-order chi connectivity index (χ0) is 14.9. The minimum atomic E-state index is 0.277. The normalized spacial score (nSPS) is 12.7. The first-order chi connectivity index (χ1) is 10.3. The summed E-state index contributed by atoms with van der Waals surface area (Å²) < 4.78 is 22.2. The van der Waals surface area contributed by atoms with E-state index in [1.54, 1.807) is 0 Å². The molecule has 1 aromatic carbocycles. The van der Waals surface area contributed by atoms with E-state index in [-0.39, 0.29) is 6.79 Å². The van der Waals surface area contributed by atoms with Crippen LogP contribution in [0.3, 0.4) is 0 Å². The summed E-state index contributed by atoms with van der Waals surface area (Å²) in [5, 5.41) is 3.31. The molecule has 0 bridgehead atoms. The third kappa shape index (κ3) is 4.79. The summed E-state index contributed by atoms with van der Waals surface area (Å²) in [5.41, 5.74) is 1.08. The fourth-order valence-corrected chi connectivity index (χ4v) is 2.06. The minimum Gasteiger partial charge on any atom is -0.491 e. The summed E-state index contributed by atoms with van der Waals surface area (Å²) in [6.45, 7) is 8.12. The second-order valence-corrected chi connectivity index (χ2v) is 4.91. The van der Waals surface area contributed by atoms with Crippen molar-refractivity contribution >= 4 is 0 Å². The molecule has 0 radical (unpaired) electrons. The van der Waals surface area contributed by atoms with Crippen LogP contribution in [0, 0.1) is 0 Å². The molecule has 0 atom stereocenters. The Morgan fingerprint density at radius 1 is 1.10 bits per heavy atom. The predicted molar refractivity (Wildman–Crippen MR) is 81.2 cm³/mol. The summed E-state index contributed by atoms with van der Waals surface area (Å²) in [4.78, 5) is 0. The van der Waals surface area contributed by atoms with Crippen molar-refractivity contribution in [3.05, 3.63) is 17.7 Å². The SMILES string of the molecule is CCCCOCCOc1cc2c(cc1CNCC)OCO2. The molecular formula is C16H25NO4. The van der Waals surface area contributed by atoms with Crippen molar-refractivity contribution in [3.63, 3.8) is 0 Å². The van der Waals surface area contributed by atoms with Crippen LogP contribution >= 0.6 is 0 Å². The lowest BCUT2D eigenvalue weighted by molar-refractivity contribution is 0.0976. The number of nitrogens with one attached hydrogen (secondary N) is 1. The molecule has 0 fully saturated rings. The van der Waals surface area contributed by atoms with Gasteiger partial charge in [0.2, 0.25) is 6.79 Å². The highest BCUT2D eigenvalue weighted by Crippen LogP contribution is 2.38. The fraction of sp³-hybridized carbons (Fsp3) is 0.625. The second kappa shape index (κ2) is 8.74. The van der Waals surface area contributed by atoms with Crippen molar-refractivity contribution in [1.82, 2.24) is 5.32 Å². The molecule has 118 valence electrons. The van der Waals surface area contributed by atoms with E-state index in [2.05, 4.69) is 19.2 Å². The molecular weight excluding hydrogens is 270 g/mol. The highest BCUT2D eigenvalue weighted by atomic mass is 16.7. The number of rotatable bonds is 10. The first-order valence-electron chi connectivity index (χ1n) is 7.69. The number of hydrogen-bond donors (Lipinski definition) is 1. The molecule has 2 rings (SSSR count). The van der Waals surface area contributed by atoms with Gasteiger partial charge in [-0.15, -0.1) is 0 Å². The van der Waals surface area contributed by atoms with E-state index in [1.807, 2.05) is 12.1 Å². The molecule has 1 aromatic rings. The van der Waals surface area contributed by atoms with Crippen LogP contribution in [0.2, 0.25) is 0 Å². The molecule has 1 N–H and O–H groups in total.